The Morgan fingerprint density at radius 3 is 2.70 bits per heavy atom. The smallest absolute Gasteiger partial charge is 0.208 e. The van der Waals surface area contributed by atoms with Crippen molar-refractivity contribution < 1.29 is 14.3 Å². The van der Waals surface area contributed by atoms with Gasteiger partial charge in [0.2, 0.25) is 5.90 Å². The number of fused-ring (bicyclic) bond motifs is 5. The quantitative estimate of drug-likeness (QED) is 0.702. The molecule has 0 bridgehead atoms. The number of ether oxygens (including phenoxy) is 1. The maximum atomic E-state index is 13.0. The molecule has 3 fully saturated rings. The monoisotopic (exact) mass is 367 g/mol. The van der Waals surface area contributed by atoms with Gasteiger partial charge >= 0.3 is 0 Å². The van der Waals surface area contributed by atoms with Crippen LogP contribution in [0.15, 0.2) is 28.3 Å². The largest absolute Gasteiger partial charge is 0.476 e. The molecule has 0 aromatic rings. The van der Waals surface area contributed by atoms with E-state index in [2.05, 4.69) is 24.9 Å². The molecule has 27 heavy (non-hydrogen) atoms. The summed E-state index contributed by atoms with van der Waals surface area (Å²) in [5.41, 5.74) is 2.38. The Balaban J connectivity index is 1.49. The lowest BCUT2D eigenvalue weighted by molar-refractivity contribution is -0.129. The highest BCUT2D eigenvalue weighted by Gasteiger charge is 2.59. The average molecular weight is 367 g/mol. The molecule has 5 rings (SSSR count). The Morgan fingerprint density at radius 1 is 1.11 bits per heavy atom. The lowest BCUT2D eigenvalue weighted by Crippen LogP contribution is -2.52. The van der Waals surface area contributed by atoms with Crippen molar-refractivity contribution in [1.82, 2.24) is 0 Å². The highest BCUT2D eigenvalue weighted by molar-refractivity contribution is 6.05. The topological polar surface area (TPSA) is 55.7 Å². The van der Waals surface area contributed by atoms with E-state index in [1.54, 1.807) is 6.08 Å². The molecule has 0 aromatic heterocycles. The van der Waals surface area contributed by atoms with Crippen LogP contribution in [0.3, 0.4) is 0 Å². The van der Waals surface area contributed by atoms with Crippen molar-refractivity contribution >= 4 is 17.5 Å². The highest BCUT2D eigenvalue weighted by Crippen LogP contribution is 2.65. The van der Waals surface area contributed by atoms with Crippen molar-refractivity contribution in [2.75, 3.05) is 13.2 Å². The van der Waals surface area contributed by atoms with Gasteiger partial charge in [-0.3, -0.25) is 9.59 Å². The molecule has 4 nitrogen and oxygen atoms in total. The molecule has 144 valence electrons. The minimum absolute atomic E-state index is 0.0969. The van der Waals surface area contributed by atoms with Crippen molar-refractivity contribution in [2.45, 2.75) is 58.8 Å². The number of ketones is 2. The van der Waals surface area contributed by atoms with Gasteiger partial charge in [-0.2, -0.15) is 0 Å². The van der Waals surface area contributed by atoms with E-state index >= 15 is 0 Å². The van der Waals surface area contributed by atoms with Crippen LogP contribution in [0.2, 0.25) is 0 Å². The van der Waals surface area contributed by atoms with Crippen molar-refractivity contribution in [3.05, 3.63) is 23.3 Å². The van der Waals surface area contributed by atoms with Gasteiger partial charge in [-0.15, -0.1) is 0 Å². The van der Waals surface area contributed by atoms with Gasteiger partial charge in [0.1, 0.15) is 6.61 Å². The number of carbonyl (C=O) groups excluding carboxylic acids is 2. The first-order chi connectivity index (χ1) is 12.9. The second-order valence-electron chi connectivity index (χ2n) is 9.68. The number of hydrogen-bond acceptors (Lipinski definition) is 4. The molecule has 0 N–H and O–H groups in total. The van der Waals surface area contributed by atoms with E-state index in [1.807, 2.05) is 0 Å². The van der Waals surface area contributed by atoms with Gasteiger partial charge < -0.3 is 4.74 Å². The molecule has 4 heteroatoms. The summed E-state index contributed by atoms with van der Waals surface area (Å²) in [5.74, 6) is 2.72. The summed E-state index contributed by atoms with van der Waals surface area (Å²) in [6.07, 6.45) is 10.5. The Hall–Kier alpha value is -1.71. The number of hydrogen-bond donors (Lipinski definition) is 0. The molecule has 3 saturated carbocycles. The molecule has 1 aliphatic heterocycles. The Kier molecular flexibility index (Phi) is 3.80. The number of aliphatic imine (C=N–C) groups is 1. The number of nitrogens with zero attached hydrogens (tertiary/aromatic N) is 1. The average Bonchev–Trinajstić information content (AvgIpc) is 3.25. The summed E-state index contributed by atoms with van der Waals surface area (Å²) in [7, 11) is 0. The van der Waals surface area contributed by atoms with Gasteiger partial charge in [0, 0.05) is 18.4 Å². The first-order valence-corrected chi connectivity index (χ1v) is 10.6. The third-order valence-electron chi connectivity index (χ3n) is 8.54. The molecule has 0 amide bonds. The fourth-order valence-corrected chi connectivity index (χ4v) is 7.06. The predicted octanol–water partition coefficient (Wildman–Crippen LogP) is 4.05. The van der Waals surface area contributed by atoms with E-state index in [1.165, 1.54) is 12.0 Å². The molecule has 0 aromatic carbocycles. The summed E-state index contributed by atoms with van der Waals surface area (Å²) < 4.78 is 5.64. The molecule has 0 radical (unpaired) electrons. The van der Waals surface area contributed by atoms with Crippen molar-refractivity contribution in [1.29, 1.82) is 0 Å². The fraction of sp³-hybridized carbons (Fsp3) is 0.696. The Labute approximate surface area is 161 Å². The van der Waals surface area contributed by atoms with Crippen LogP contribution in [0.5, 0.6) is 0 Å². The van der Waals surface area contributed by atoms with Gasteiger partial charge in [0.05, 0.1) is 6.54 Å². The third-order valence-corrected chi connectivity index (χ3v) is 8.54. The van der Waals surface area contributed by atoms with Gasteiger partial charge in [0.15, 0.2) is 11.6 Å². The van der Waals surface area contributed by atoms with Crippen LogP contribution in [0.25, 0.3) is 0 Å². The first kappa shape index (κ1) is 17.4. The van der Waals surface area contributed by atoms with Crippen LogP contribution in [0.4, 0.5) is 0 Å². The number of Topliss-reactive ketones (excluding diaryl/α,β-unsaturated/α-hetero) is 1. The zero-order chi connectivity index (χ0) is 18.8. The molecule has 5 aliphatic rings. The summed E-state index contributed by atoms with van der Waals surface area (Å²) in [5, 5.41) is 0. The summed E-state index contributed by atoms with van der Waals surface area (Å²) in [6, 6.07) is 0. The van der Waals surface area contributed by atoms with Crippen LogP contribution in [-0.4, -0.2) is 30.6 Å². The van der Waals surface area contributed by atoms with Crippen molar-refractivity contribution in [3.63, 3.8) is 0 Å². The van der Waals surface area contributed by atoms with Crippen molar-refractivity contribution in [3.8, 4) is 0 Å². The normalized spacial score (nSPS) is 45.0. The summed E-state index contributed by atoms with van der Waals surface area (Å²) in [6.45, 7) is 6.13. The Morgan fingerprint density at radius 2 is 1.93 bits per heavy atom. The van der Waals surface area contributed by atoms with Gasteiger partial charge in [-0.25, -0.2) is 4.99 Å². The zero-order valence-corrected chi connectivity index (χ0v) is 16.4. The molecule has 1 heterocycles. The molecule has 0 unspecified atom stereocenters. The third kappa shape index (κ3) is 2.44. The number of carbonyl (C=O) groups is 2. The summed E-state index contributed by atoms with van der Waals surface area (Å²) >= 11 is 0. The SMILES string of the molecule is C[C@]12CCC(=O)C=C1C(=O)C[C@@H]1[C@@H]2CC[C@]2(C)/C(=C/C3=NCCO3)CC[C@@H]12. The molecule has 0 saturated heterocycles. The number of rotatable bonds is 1. The highest BCUT2D eigenvalue weighted by atomic mass is 16.5. The van der Waals surface area contributed by atoms with Gasteiger partial charge in [-0.1, -0.05) is 19.4 Å². The maximum absolute atomic E-state index is 13.0. The summed E-state index contributed by atoms with van der Waals surface area (Å²) in [4.78, 5) is 29.4. The van der Waals surface area contributed by atoms with Gasteiger partial charge in [-0.05, 0) is 72.8 Å². The van der Waals surface area contributed by atoms with E-state index in [9.17, 15) is 9.59 Å². The van der Waals surface area contributed by atoms with E-state index in [0.717, 1.165) is 43.7 Å². The lowest BCUT2D eigenvalue weighted by Gasteiger charge is -2.56. The fourth-order valence-electron chi connectivity index (χ4n) is 7.06. The maximum Gasteiger partial charge on any atom is 0.208 e. The minimum Gasteiger partial charge on any atom is -0.476 e. The lowest BCUT2D eigenvalue weighted by atomic mass is 9.47. The van der Waals surface area contributed by atoms with Gasteiger partial charge in [0.25, 0.3) is 0 Å². The van der Waals surface area contributed by atoms with E-state index in [4.69, 9.17) is 4.74 Å². The van der Waals surface area contributed by atoms with E-state index in [-0.39, 0.29) is 22.4 Å². The second-order valence-corrected chi connectivity index (χ2v) is 9.68. The van der Waals surface area contributed by atoms with Crippen LogP contribution in [0, 0.1) is 28.6 Å². The minimum atomic E-state index is -0.0969. The molecule has 5 atom stereocenters. The molecular weight excluding hydrogens is 338 g/mol. The molecule has 4 aliphatic carbocycles. The second kappa shape index (κ2) is 5.89. The van der Waals surface area contributed by atoms with Crippen molar-refractivity contribution in [2.24, 2.45) is 33.6 Å². The van der Waals surface area contributed by atoms with Crippen LogP contribution in [-0.2, 0) is 14.3 Å². The standard InChI is InChI=1S/C23H29NO3/c1-22-8-6-18-16(13-20(26)19-12-15(25)5-7-23(18,19)2)17(22)4-3-14(22)11-21-24-9-10-27-21/h11-12,16-18H,3-10,13H2,1-2H3/b14-11+/t16-,17-,18-,22+,23+/m0/s1. The molecular formula is C23H29NO3. The Bertz CT molecular complexity index is 806. The van der Waals surface area contributed by atoms with Crippen LogP contribution >= 0.6 is 0 Å². The molecule has 0 spiro atoms. The van der Waals surface area contributed by atoms with E-state index < -0.39 is 0 Å². The number of allylic oxidation sites excluding steroid dienone is 2. The van der Waals surface area contributed by atoms with Crippen LogP contribution < -0.4 is 0 Å². The van der Waals surface area contributed by atoms with E-state index in [0.29, 0.717) is 37.2 Å². The predicted molar refractivity (Wildman–Crippen MR) is 103 cm³/mol. The van der Waals surface area contributed by atoms with Crippen LogP contribution in [0.1, 0.15) is 58.8 Å². The zero-order valence-electron chi connectivity index (χ0n) is 16.4. The first-order valence-electron chi connectivity index (χ1n) is 10.6.